The number of ether oxygens (including phenoxy) is 2. The Hall–Kier alpha value is -2.69. The molecule has 0 aliphatic carbocycles. The molecule has 0 fully saturated rings. The molecule has 3 aromatic rings. The molecule has 0 saturated carbocycles. The summed E-state index contributed by atoms with van der Waals surface area (Å²) >= 11 is 0. The van der Waals surface area contributed by atoms with Gasteiger partial charge in [-0.2, -0.15) is 0 Å². The van der Waals surface area contributed by atoms with Crippen LogP contribution in [0.1, 0.15) is 0 Å². The third kappa shape index (κ3) is 2.06. The van der Waals surface area contributed by atoms with Crippen molar-refractivity contribution in [3.63, 3.8) is 0 Å². The molecular weight excluding hydrogens is 242 g/mol. The molecule has 1 aromatic carbocycles. The van der Waals surface area contributed by atoms with E-state index in [4.69, 9.17) is 15.2 Å². The molecule has 0 aliphatic rings. The summed E-state index contributed by atoms with van der Waals surface area (Å²) in [6, 6.07) is 10.9. The average Bonchev–Trinajstić information content (AvgIpc) is 2.88. The summed E-state index contributed by atoms with van der Waals surface area (Å²) in [6.45, 7) is 0. The molecule has 0 bridgehead atoms. The number of aromatic nitrogens is 2. The van der Waals surface area contributed by atoms with Crippen LogP contribution in [0.4, 0.5) is 5.69 Å². The molecule has 96 valence electrons. The molecule has 0 aliphatic heterocycles. The Kier molecular flexibility index (Phi) is 2.72. The van der Waals surface area contributed by atoms with E-state index in [1.165, 1.54) is 0 Å². The summed E-state index contributed by atoms with van der Waals surface area (Å²) < 4.78 is 13.0. The van der Waals surface area contributed by atoms with Gasteiger partial charge in [0.05, 0.1) is 7.11 Å². The largest absolute Gasteiger partial charge is 0.493 e. The van der Waals surface area contributed by atoms with Gasteiger partial charge in [-0.15, -0.1) is 0 Å². The van der Waals surface area contributed by atoms with E-state index in [0.717, 1.165) is 5.65 Å². The second-order valence-electron chi connectivity index (χ2n) is 4.03. The summed E-state index contributed by atoms with van der Waals surface area (Å²) in [5.41, 5.74) is 7.21. The number of benzene rings is 1. The lowest BCUT2D eigenvalue weighted by Gasteiger charge is -2.12. The lowest BCUT2D eigenvalue weighted by Crippen LogP contribution is -1.96. The van der Waals surface area contributed by atoms with Crippen LogP contribution in [0.15, 0.2) is 48.8 Å². The molecule has 0 atom stereocenters. The first kappa shape index (κ1) is 11.4. The minimum Gasteiger partial charge on any atom is -0.493 e. The Morgan fingerprint density at radius 1 is 1.16 bits per heavy atom. The maximum atomic E-state index is 5.87. The van der Waals surface area contributed by atoms with Crippen LogP contribution in [0.2, 0.25) is 0 Å². The molecule has 0 spiro atoms. The highest BCUT2D eigenvalue weighted by Gasteiger charge is 2.08. The summed E-state index contributed by atoms with van der Waals surface area (Å²) in [5.74, 6) is 1.86. The maximum Gasteiger partial charge on any atom is 0.205 e. The fraction of sp³-hybridized carbons (Fsp3) is 0.0714. The zero-order valence-electron chi connectivity index (χ0n) is 10.4. The molecule has 0 radical (unpaired) electrons. The molecule has 2 aromatic heterocycles. The van der Waals surface area contributed by atoms with Crippen LogP contribution in [-0.2, 0) is 0 Å². The molecule has 0 unspecified atom stereocenters. The number of fused-ring (bicyclic) bond motifs is 1. The van der Waals surface area contributed by atoms with E-state index in [0.29, 0.717) is 23.1 Å². The van der Waals surface area contributed by atoms with Gasteiger partial charge in [0.1, 0.15) is 5.65 Å². The van der Waals surface area contributed by atoms with E-state index in [9.17, 15) is 0 Å². The van der Waals surface area contributed by atoms with Crippen molar-refractivity contribution in [2.75, 3.05) is 12.8 Å². The van der Waals surface area contributed by atoms with Crippen LogP contribution in [0, 0.1) is 0 Å². The maximum absolute atomic E-state index is 5.87. The SMILES string of the molecule is COc1ccc(N)cc1Oc1cccc2nccn12. The number of imidazole rings is 1. The number of nitrogens with zero attached hydrogens (tertiary/aromatic N) is 2. The van der Waals surface area contributed by atoms with Gasteiger partial charge >= 0.3 is 0 Å². The van der Waals surface area contributed by atoms with Gasteiger partial charge < -0.3 is 15.2 Å². The van der Waals surface area contributed by atoms with Crippen LogP contribution in [0.3, 0.4) is 0 Å². The van der Waals surface area contributed by atoms with Crippen molar-refractivity contribution in [2.45, 2.75) is 0 Å². The Labute approximate surface area is 110 Å². The Morgan fingerprint density at radius 3 is 2.89 bits per heavy atom. The van der Waals surface area contributed by atoms with Crippen molar-refractivity contribution in [2.24, 2.45) is 0 Å². The summed E-state index contributed by atoms with van der Waals surface area (Å²) in [6.07, 6.45) is 3.56. The number of methoxy groups -OCH3 is 1. The van der Waals surface area contributed by atoms with Gasteiger partial charge in [0, 0.05) is 24.1 Å². The van der Waals surface area contributed by atoms with Crippen molar-refractivity contribution >= 4 is 11.3 Å². The Balaban J connectivity index is 2.05. The van der Waals surface area contributed by atoms with Crippen molar-refractivity contribution < 1.29 is 9.47 Å². The van der Waals surface area contributed by atoms with Crippen molar-refractivity contribution in [3.05, 3.63) is 48.8 Å². The van der Waals surface area contributed by atoms with E-state index in [2.05, 4.69) is 4.98 Å². The third-order valence-corrected chi connectivity index (χ3v) is 2.79. The summed E-state index contributed by atoms with van der Waals surface area (Å²) in [4.78, 5) is 4.21. The monoisotopic (exact) mass is 255 g/mol. The molecule has 5 nitrogen and oxygen atoms in total. The number of hydrogen-bond donors (Lipinski definition) is 1. The van der Waals surface area contributed by atoms with Crippen LogP contribution >= 0.6 is 0 Å². The minimum atomic E-state index is 0.573. The number of nitrogen functional groups attached to an aromatic ring is 1. The molecule has 3 rings (SSSR count). The second-order valence-corrected chi connectivity index (χ2v) is 4.03. The van der Waals surface area contributed by atoms with Crippen molar-refractivity contribution in [1.82, 2.24) is 9.38 Å². The molecule has 0 saturated heterocycles. The van der Waals surface area contributed by atoms with E-state index < -0.39 is 0 Å². The van der Waals surface area contributed by atoms with Gasteiger partial charge in [-0.3, -0.25) is 4.40 Å². The van der Waals surface area contributed by atoms with E-state index >= 15 is 0 Å². The molecule has 2 heterocycles. The van der Waals surface area contributed by atoms with Gasteiger partial charge in [-0.1, -0.05) is 6.07 Å². The van der Waals surface area contributed by atoms with Crippen LogP contribution in [-0.4, -0.2) is 16.5 Å². The minimum absolute atomic E-state index is 0.573. The highest BCUT2D eigenvalue weighted by atomic mass is 16.5. The molecule has 0 amide bonds. The standard InChI is InChI=1S/C14H13N3O2/c1-18-11-6-5-10(15)9-12(11)19-14-4-2-3-13-16-7-8-17(13)14/h2-9H,15H2,1H3. The van der Waals surface area contributed by atoms with E-state index in [1.807, 2.05) is 28.8 Å². The van der Waals surface area contributed by atoms with Crippen molar-refractivity contribution in [1.29, 1.82) is 0 Å². The zero-order chi connectivity index (χ0) is 13.2. The predicted octanol–water partition coefficient (Wildman–Crippen LogP) is 2.72. The first-order chi connectivity index (χ1) is 9.28. The molecule has 2 N–H and O–H groups in total. The van der Waals surface area contributed by atoms with Gasteiger partial charge in [0.15, 0.2) is 11.5 Å². The lowest BCUT2D eigenvalue weighted by molar-refractivity contribution is 0.372. The lowest BCUT2D eigenvalue weighted by atomic mass is 10.3. The topological polar surface area (TPSA) is 61.8 Å². The van der Waals surface area contributed by atoms with E-state index in [1.54, 1.807) is 31.5 Å². The fourth-order valence-corrected chi connectivity index (χ4v) is 1.89. The molecule has 19 heavy (non-hydrogen) atoms. The van der Waals surface area contributed by atoms with Crippen LogP contribution < -0.4 is 15.2 Å². The Morgan fingerprint density at radius 2 is 2.05 bits per heavy atom. The number of rotatable bonds is 3. The zero-order valence-corrected chi connectivity index (χ0v) is 10.4. The van der Waals surface area contributed by atoms with Crippen molar-refractivity contribution in [3.8, 4) is 17.4 Å². The molecule has 5 heteroatoms. The summed E-state index contributed by atoms with van der Waals surface area (Å²) in [5, 5.41) is 0. The average molecular weight is 255 g/mol. The Bertz CT molecular complexity index is 722. The number of anilines is 1. The van der Waals surface area contributed by atoms with Gasteiger partial charge in [-0.25, -0.2) is 4.98 Å². The second kappa shape index (κ2) is 4.53. The molecular formula is C14H13N3O2. The normalized spacial score (nSPS) is 10.6. The van der Waals surface area contributed by atoms with Gasteiger partial charge in [-0.05, 0) is 24.3 Å². The predicted molar refractivity (Wildman–Crippen MR) is 72.7 cm³/mol. The van der Waals surface area contributed by atoms with Crippen LogP contribution in [0.25, 0.3) is 5.65 Å². The van der Waals surface area contributed by atoms with Crippen LogP contribution in [0.5, 0.6) is 17.4 Å². The van der Waals surface area contributed by atoms with E-state index in [-0.39, 0.29) is 0 Å². The van der Waals surface area contributed by atoms with Gasteiger partial charge in [0.2, 0.25) is 5.88 Å². The number of hydrogen-bond acceptors (Lipinski definition) is 4. The fourth-order valence-electron chi connectivity index (χ4n) is 1.89. The highest BCUT2D eigenvalue weighted by Crippen LogP contribution is 2.33. The quantitative estimate of drug-likeness (QED) is 0.731. The number of nitrogens with two attached hydrogens (primary N) is 1. The first-order valence-corrected chi connectivity index (χ1v) is 5.81. The third-order valence-electron chi connectivity index (χ3n) is 2.79. The van der Waals surface area contributed by atoms with Gasteiger partial charge in [0.25, 0.3) is 0 Å². The highest BCUT2D eigenvalue weighted by molar-refractivity contribution is 5.53. The first-order valence-electron chi connectivity index (χ1n) is 5.81. The smallest absolute Gasteiger partial charge is 0.205 e. The summed E-state index contributed by atoms with van der Waals surface area (Å²) in [7, 11) is 1.59. The number of pyridine rings is 1.